The minimum atomic E-state index is -5.00. The maximum atomic E-state index is 13.1. The van der Waals surface area contributed by atoms with Gasteiger partial charge in [0.25, 0.3) is 0 Å². The molecule has 17 nitrogen and oxygen atoms in total. The van der Waals surface area contributed by atoms with E-state index < -0.39 is 97.5 Å². The second-order valence-corrected chi connectivity index (χ2v) is 28.8. The zero-order chi connectivity index (χ0) is 74.6. The molecule has 0 fully saturated rings. The fourth-order valence-corrected chi connectivity index (χ4v) is 11.7. The summed E-state index contributed by atoms with van der Waals surface area (Å²) in [5, 5.41) is 10.6. The molecular weight excluding hydrogens is 1330 g/mol. The van der Waals surface area contributed by atoms with Crippen molar-refractivity contribution >= 4 is 39.5 Å². The van der Waals surface area contributed by atoms with Gasteiger partial charge in [-0.25, -0.2) is 9.13 Å². The molecule has 102 heavy (non-hydrogen) atoms. The molecule has 19 heteroatoms. The van der Waals surface area contributed by atoms with E-state index in [2.05, 4.69) is 149 Å². The first-order valence-electron chi connectivity index (χ1n) is 39.4. The predicted molar refractivity (Wildman–Crippen MR) is 418 cm³/mol. The normalized spacial score (nSPS) is 14.6. The number of phosphoric acid groups is 2. The fourth-order valence-electron chi connectivity index (χ4n) is 10.1. The molecule has 0 spiro atoms. The highest BCUT2D eigenvalue weighted by Crippen LogP contribution is 2.45. The number of carbonyl (C=O) groups excluding carboxylic acids is 4. The summed E-state index contributed by atoms with van der Waals surface area (Å²) in [5.74, 6) is -2.29. The van der Waals surface area contributed by atoms with Gasteiger partial charge in [-0.2, -0.15) is 0 Å². The monoisotopic (exact) mass is 1470 g/mol. The van der Waals surface area contributed by atoms with E-state index in [1.807, 2.05) is 12.2 Å². The van der Waals surface area contributed by atoms with Crippen LogP contribution in [0.4, 0.5) is 0 Å². The summed E-state index contributed by atoms with van der Waals surface area (Å²) in [7, 11) is -9.98. The number of hydrogen-bond donors (Lipinski definition) is 3. The highest BCUT2D eigenvalue weighted by molar-refractivity contribution is 7.47. The summed E-state index contributed by atoms with van der Waals surface area (Å²) in [5.41, 5.74) is 0. The van der Waals surface area contributed by atoms with Gasteiger partial charge < -0.3 is 33.8 Å². The van der Waals surface area contributed by atoms with Crippen LogP contribution in [0.2, 0.25) is 0 Å². The summed E-state index contributed by atoms with van der Waals surface area (Å²) in [6, 6.07) is 0. The van der Waals surface area contributed by atoms with Crippen molar-refractivity contribution in [3.05, 3.63) is 134 Å². The lowest BCUT2D eigenvalue weighted by atomic mass is 10.0. The number of rotatable bonds is 73. The number of ether oxygens (including phenoxy) is 4. The molecule has 0 rings (SSSR count). The van der Waals surface area contributed by atoms with E-state index in [0.717, 1.165) is 141 Å². The van der Waals surface area contributed by atoms with E-state index in [0.29, 0.717) is 32.1 Å². The quantitative estimate of drug-likeness (QED) is 0.0169. The van der Waals surface area contributed by atoms with Gasteiger partial charge in [-0.3, -0.25) is 37.3 Å². The molecule has 0 heterocycles. The van der Waals surface area contributed by atoms with Gasteiger partial charge in [0.15, 0.2) is 12.2 Å². The number of unbranched alkanes of at least 4 members (excludes halogenated alkanes) is 25. The molecule has 5 atom stereocenters. The van der Waals surface area contributed by atoms with Crippen molar-refractivity contribution in [3.8, 4) is 0 Å². The summed E-state index contributed by atoms with van der Waals surface area (Å²) < 4.78 is 68.4. The highest BCUT2D eigenvalue weighted by Gasteiger charge is 2.30. The molecule has 0 radical (unpaired) electrons. The topological polar surface area (TPSA) is 237 Å². The second kappa shape index (κ2) is 74.5. The Bertz CT molecular complexity index is 2460. The molecule has 0 aromatic rings. The summed E-state index contributed by atoms with van der Waals surface area (Å²) in [6.45, 7) is 4.51. The van der Waals surface area contributed by atoms with Gasteiger partial charge in [0.05, 0.1) is 26.4 Å². The van der Waals surface area contributed by atoms with Crippen molar-refractivity contribution in [2.24, 2.45) is 0 Å². The molecule has 0 aliphatic rings. The first-order valence-corrected chi connectivity index (χ1v) is 42.4. The lowest BCUT2D eigenvalue weighted by molar-refractivity contribution is -0.161. The molecule has 0 amide bonds. The van der Waals surface area contributed by atoms with Gasteiger partial charge in [0.1, 0.15) is 19.3 Å². The van der Waals surface area contributed by atoms with Crippen LogP contribution in [0.3, 0.4) is 0 Å². The Morgan fingerprint density at radius 3 is 0.873 bits per heavy atom. The predicted octanol–water partition coefficient (Wildman–Crippen LogP) is 22.9. The van der Waals surface area contributed by atoms with Gasteiger partial charge in [-0.05, 0) is 128 Å². The number of carbonyl (C=O) groups is 4. The van der Waals surface area contributed by atoms with Crippen LogP contribution in [0.25, 0.3) is 0 Å². The average molecular weight is 1470 g/mol. The van der Waals surface area contributed by atoms with Gasteiger partial charge >= 0.3 is 39.5 Å². The third kappa shape index (κ3) is 73.5. The lowest BCUT2D eigenvalue weighted by Gasteiger charge is -2.21. The van der Waals surface area contributed by atoms with Crippen molar-refractivity contribution in [1.82, 2.24) is 0 Å². The zero-order valence-electron chi connectivity index (χ0n) is 63.7. The molecule has 0 aromatic carbocycles. The van der Waals surface area contributed by atoms with Crippen molar-refractivity contribution in [2.75, 3.05) is 39.6 Å². The molecule has 0 saturated carbocycles. The maximum absolute atomic E-state index is 13.1. The van der Waals surface area contributed by atoms with Crippen molar-refractivity contribution in [3.63, 3.8) is 0 Å². The Morgan fingerprint density at radius 2 is 0.529 bits per heavy atom. The second-order valence-electron chi connectivity index (χ2n) is 25.9. The molecule has 0 aliphatic heterocycles. The molecular formula is C83H140O17P2. The van der Waals surface area contributed by atoms with Gasteiger partial charge in [0, 0.05) is 25.7 Å². The Morgan fingerprint density at radius 1 is 0.284 bits per heavy atom. The third-order valence-electron chi connectivity index (χ3n) is 16.1. The standard InChI is InChI=1S/C83H140O17P2/c1-5-9-13-17-21-25-29-32-35-37-38-40-42-45-49-52-56-60-64-68-81(86)94-74-79(100-83(88)70-66-62-58-54-50-46-43-39-36-33-30-26-22-18-14-10-6-2)76-98-102(91,92)96-72-77(84)71-95-101(89,90)97-75-78(99-82(87)69-65-61-57-53-47-28-24-20-16-12-8-4)73-93-80(85)67-63-59-55-51-48-44-41-34-31-27-23-19-15-11-7-3/h9-10,13-14,20-22,24-26,32-33,35-36,38,40,43,45-46,49,54,58,77-79,84H,5-8,11-12,15-19,23,27-31,34,37,39,41-42,44,47-48,50-53,55-57,59-76H2,1-4H3,(H,89,90)(H,91,92)/b13-9-,14-10-,24-20-,25-21-,26-22-,35-32-,36-33-,40-38-,46-43-,49-45-,58-54-. The molecule has 0 saturated heterocycles. The summed E-state index contributed by atoms with van der Waals surface area (Å²) in [6.07, 6.45) is 83.1. The van der Waals surface area contributed by atoms with Crippen LogP contribution in [0.5, 0.6) is 0 Å². The van der Waals surface area contributed by atoms with E-state index in [1.54, 1.807) is 0 Å². The number of hydrogen-bond acceptors (Lipinski definition) is 15. The van der Waals surface area contributed by atoms with Crippen LogP contribution in [0, 0.1) is 0 Å². The number of aliphatic hydroxyl groups excluding tert-OH is 1. The van der Waals surface area contributed by atoms with E-state index >= 15 is 0 Å². The number of esters is 4. The minimum Gasteiger partial charge on any atom is -0.462 e. The van der Waals surface area contributed by atoms with Crippen LogP contribution in [-0.4, -0.2) is 96.7 Å². The molecule has 0 aliphatic carbocycles. The first-order chi connectivity index (χ1) is 49.7. The molecule has 3 N–H and O–H groups in total. The van der Waals surface area contributed by atoms with Crippen LogP contribution < -0.4 is 0 Å². The van der Waals surface area contributed by atoms with Crippen LogP contribution in [-0.2, 0) is 65.4 Å². The number of phosphoric ester groups is 2. The highest BCUT2D eigenvalue weighted by atomic mass is 31.2. The Hall–Kier alpha value is -4.80. The van der Waals surface area contributed by atoms with Crippen molar-refractivity contribution < 1.29 is 80.2 Å². The molecule has 0 aromatic heterocycles. The van der Waals surface area contributed by atoms with Crippen molar-refractivity contribution in [2.45, 2.75) is 329 Å². The zero-order valence-corrected chi connectivity index (χ0v) is 65.5. The van der Waals surface area contributed by atoms with Crippen LogP contribution in [0.1, 0.15) is 310 Å². The lowest BCUT2D eigenvalue weighted by Crippen LogP contribution is -2.30. The largest absolute Gasteiger partial charge is 0.472 e. The average Bonchev–Trinajstić information content (AvgIpc) is 0.921. The summed E-state index contributed by atoms with van der Waals surface area (Å²) in [4.78, 5) is 72.9. The van der Waals surface area contributed by atoms with E-state index in [9.17, 15) is 43.2 Å². The van der Waals surface area contributed by atoms with E-state index in [-0.39, 0.29) is 25.7 Å². The van der Waals surface area contributed by atoms with Gasteiger partial charge in [-0.15, -0.1) is 0 Å². The van der Waals surface area contributed by atoms with Crippen molar-refractivity contribution in [1.29, 1.82) is 0 Å². The third-order valence-corrected chi connectivity index (χ3v) is 18.0. The van der Waals surface area contributed by atoms with Crippen LogP contribution in [0.15, 0.2) is 134 Å². The smallest absolute Gasteiger partial charge is 0.462 e. The summed E-state index contributed by atoms with van der Waals surface area (Å²) >= 11 is 0. The minimum absolute atomic E-state index is 0.00542. The molecule has 584 valence electrons. The Balaban J connectivity index is 5.42. The maximum Gasteiger partial charge on any atom is 0.472 e. The van der Waals surface area contributed by atoms with E-state index in [1.165, 1.54) is 83.5 Å². The van der Waals surface area contributed by atoms with Crippen LogP contribution >= 0.6 is 15.6 Å². The number of allylic oxidation sites excluding steroid dienone is 22. The number of aliphatic hydroxyl groups is 1. The van der Waals surface area contributed by atoms with Gasteiger partial charge in [0.2, 0.25) is 0 Å². The van der Waals surface area contributed by atoms with Gasteiger partial charge in [-0.1, -0.05) is 290 Å². The first kappa shape index (κ1) is 97.2. The Labute approximate surface area is 618 Å². The molecule has 5 unspecified atom stereocenters. The SMILES string of the molecule is CC/C=C\C/C=C\C/C=C\C/C=C\C/C=C\CCCCCC(=O)OCC(COP(=O)(O)OCC(O)COP(=O)(O)OCC(COC(=O)CCCCCCCCCCCCCCCCC)OC(=O)CCCCCCC/C=C\CCCC)OC(=O)CCC/C=C\C/C=C\C/C=C\C/C=C\C/C=C\CC. The Kier molecular flexibility index (Phi) is 71.0. The fraction of sp³-hybridized carbons (Fsp3) is 0.687. The van der Waals surface area contributed by atoms with E-state index in [4.69, 9.17) is 37.0 Å². The molecule has 0 bridgehead atoms.